The zero-order valence-electron chi connectivity index (χ0n) is 20.0. The first-order valence-electron chi connectivity index (χ1n) is 12.3. The van der Waals surface area contributed by atoms with Crippen LogP contribution in [0.1, 0.15) is 41.4 Å². The van der Waals surface area contributed by atoms with E-state index in [0.29, 0.717) is 31.4 Å². The SMILES string of the molecule is COC(=O)[C@@H]1C[C@H](OC[C@@H]2C[C@@H]2c2ccccc2)CN1C(=O)C(c1ccccc1)c1ccccc1. The number of rotatable bonds is 8. The van der Waals surface area contributed by atoms with Gasteiger partial charge in [0.25, 0.3) is 0 Å². The van der Waals surface area contributed by atoms with Crippen LogP contribution in [0.3, 0.4) is 0 Å². The quantitative estimate of drug-likeness (QED) is 0.446. The number of esters is 1. The zero-order valence-corrected chi connectivity index (χ0v) is 20.0. The molecule has 0 spiro atoms. The molecule has 0 N–H and O–H groups in total. The third-order valence-corrected chi connectivity index (χ3v) is 7.23. The van der Waals surface area contributed by atoms with Crippen molar-refractivity contribution in [3.8, 4) is 0 Å². The Bertz CT molecular complexity index is 1100. The molecule has 4 atom stereocenters. The minimum Gasteiger partial charge on any atom is -0.467 e. The molecular weight excluding hydrogens is 438 g/mol. The fraction of sp³-hybridized carbons (Fsp3) is 0.333. The summed E-state index contributed by atoms with van der Waals surface area (Å²) in [4.78, 5) is 28.3. The normalized spacial score (nSPS) is 23.3. The van der Waals surface area contributed by atoms with Crippen LogP contribution in [0.5, 0.6) is 0 Å². The third kappa shape index (κ3) is 5.15. The molecule has 3 aromatic carbocycles. The molecule has 5 heteroatoms. The molecule has 0 radical (unpaired) electrons. The number of hydrogen-bond donors (Lipinski definition) is 0. The standard InChI is InChI=1S/C30H31NO4/c1-34-30(33)27-18-25(35-20-24-17-26(24)21-11-5-2-6-12-21)19-31(27)29(32)28(22-13-7-3-8-14-22)23-15-9-4-10-16-23/h2-16,24-28H,17-20H2,1H3/t24-,25-,26+,27-/m0/s1. The molecule has 0 unspecified atom stereocenters. The van der Waals surface area contributed by atoms with Gasteiger partial charge in [-0.05, 0) is 34.9 Å². The summed E-state index contributed by atoms with van der Waals surface area (Å²) in [6.45, 7) is 1.03. The fourth-order valence-corrected chi connectivity index (χ4v) is 5.26. The largest absolute Gasteiger partial charge is 0.467 e. The van der Waals surface area contributed by atoms with Gasteiger partial charge in [0.2, 0.25) is 5.91 Å². The van der Waals surface area contributed by atoms with Crippen LogP contribution in [0, 0.1) is 5.92 Å². The molecule has 0 aromatic heterocycles. The second-order valence-corrected chi connectivity index (χ2v) is 9.49. The van der Waals surface area contributed by atoms with E-state index in [4.69, 9.17) is 9.47 Å². The first-order valence-corrected chi connectivity index (χ1v) is 12.3. The van der Waals surface area contributed by atoms with Gasteiger partial charge in [0.15, 0.2) is 0 Å². The second-order valence-electron chi connectivity index (χ2n) is 9.49. The molecule has 5 rings (SSSR count). The first-order chi connectivity index (χ1) is 17.2. The van der Waals surface area contributed by atoms with Crippen LogP contribution < -0.4 is 0 Å². The molecule has 35 heavy (non-hydrogen) atoms. The number of benzene rings is 3. The summed E-state index contributed by atoms with van der Waals surface area (Å²) in [6, 6.07) is 29.3. The van der Waals surface area contributed by atoms with Crippen LogP contribution in [0.25, 0.3) is 0 Å². The average Bonchev–Trinajstić information content (AvgIpc) is 3.57. The molecule has 1 saturated heterocycles. The number of nitrogens with zero attached hydrogens (tertiary/aromatic N) is 1. The maximum absolute atomic E-state index is 14.0. The van der Waals surface area contributed by atoms with E-state index in [1.807, 2.05) is 66.7 Å². The molecule has 1 saturated carbocycles. The van der Waals surface area contributed by atoms with Crippen molar-refractivity contribution >= 4 is 11.9 Å². The van der Waals surface area contributed by atoms with E-state index in [1.54, 1.807) is 4.90 Å². The van der Waals surface area contributed by atoms with Crippen molar-refractivity contribution < 1.29 is 19.1 Å². The van der Waals surface area contributed by atoms with Crippen molar-refractivity contribution in [3.05, 3.63) is 108 Å². The van der Waals surface area contributed by atoms with Crippen LogP contribution in [-0.2, 0) is 19.1 Å². The van der Waals surface area contributed by atoms with Crippen LogP contribution in [0.2, 0.25) is 0 Å². The van der Waals surface area contributed by atoms with Crippen LogP contribution in [0.15, 0.2) is 91.0 Å². The Balaban J connectivity index is 1.31. The van der Waals surface area contributed by atoms with Crippen molar-refractivity contribution in [3.63, 3.8) is 0 Å². The summed E-state index contributed by atoms with van der Waals surface area (Å²) in [5, 5.41) is 0. The monoisotopic (exact) mass is 469 g/mol. The molecule has 1 aliphatic carbocycles. The number of carbonyl (C=O) groups is 2. The Kier molecular flexibility index (Phi) is 6.96. The molecule has 2 fully saturated rings. The Morgan fingerprint density at radius 3 is 2.00 bits per heavy atom. The van der Waals surface area contributed by atoms with E-state index in [9.17, 15) is 9.59 Å². The zero-order chi connectivity index (χ0) is 24.2. The maximum Gasteiger partial charge on any atom is 0.328 e. The highest BCUT2D eigenvalue weighted by Crippen LogP contribution is 2.47. The minimum absolute atomic E-state index is 0.0996. The van der Waals surface area contributed by atoms with Gasteiger partial charge < -0.3 is 14.4 Å². The van der Waals surface area contributed by atoms with E-state index in [-0.39, 0.29) is 12.0 Å². The highest BCUT2D eigenvalue weighted by Gasteiger charge is 2.45. The highest BCUT2D eigenvalue weighted by atomic mass is 16.5. The second kappa shape index (κ2) is 10.4. The number of carbonyl (C=O) groups excluding carboxylic acids is 2. The van der Waals surface area contributed by atoms with Gasteiger partial charge in [0.05, 0.1) is 25.7 Å². The summed E-state index contributed by atoms with van der Waals surface area (Å²) in [5.41, 5.74) is 3.16. The number of likely N-dealkylation sites (tertiary alicyclic amines) is 1. The van der Waals surface area contributed by atoms with E-state index in [1.165, 1.54) is 12.7 Å². The van der Waals surface area contributed by atoms with Gasteiger partial charge >= 0.3 is 5.97 Å². The Labute approximate surface area is 206 Å². The van der Waals surface area contributed by atoms with Gasteiger partial charge in [-0.3, -0.25) is 4.79 Å². The summed E-state index contributed by atoms with van der Waals surface area (Å²) >= 11 is 0. The lowest BCUT2D eigenvalue weighted by molar-refractivity contribution is -0.151. The van der Waals surface area contributed by atoms with Gasteiger partial charge in [0.1, 0.15) is 6.04 Å². The van der Waals surface area contributed by atoms with Crippen LogP contribution in [-0.4, -0.2) is 49.2 Å². The van der Waals surface area contributed by atoms with Crippen LogP contribution in [0.4, 0.5) is 0 Å². The molecule has 2 aliphatic rings. The number of amides is 1. The van der Waals surface area contributed by atoms with Crippen LogP contribution >= 0.6 is 0 Å². The Morgan fingerprint density at radius 2 is 1.43 bits per heavy atom. The molecule has 1 amide bonds. The molecule has 5 nitrogen and oxygen atoms in total. The van der Waals surface area contributed by atoms with Crippen molar-refractivity contribution in [2.75, 3.05) is 20.3 Å². The highest BCUT2D eigenvalue weighted by molar-refractivity contribution is 5.91. The lowest BCUT2D eigenvalue weighted by Gasteiger charge is -2.28. The van der Waals surface area contributed by atoms with Crippen molar-refractivity contribution in [2.24, 2.45) is 5.92 Å². The lowest BCUT2D eigenvalue weighted by atomic mass is 9.90. The fourth-order valence-electron chi connectivity index (χ4n) is 5.26. The Morgan fingerprint density at radius 1 is 0.857 bits per heavy atom. The average molecular weight is 470 g/mol. The molecule has 1 heterocycles. The van der Waals surface area contributed by atoms with Crippen molar-refractivity contribution in [1.29, 1.82) is 0 Å². The van der Waals surface area contributed by atoms with Crippen molar-refractivity contribution in [2.45, 2.75) is 36.8 Å². The van der Waals surface area contributed by atoms with Crippen molar-refractivity contribution in [1.82, 2.24) is 4.90 Å². The molecule has 180 valence electrons. The Hall–Kier alpha value is -3.44. The number of hydrogen-bond acceptors (Lipinski definition) is 4. The number of methoxy groups -OCH3 is 1. The summed E-state index contributed by atoms with van der Waals surface area (Å²) in [7, 11) is 1.37. The molecule has 0 bridgehead atoms. The summed E-state index contributed by atoms with van der Waals surface area (Å²) in [6.07, 6.45) is 1.38. The van der Waals surface area contributed by atoms with E-state index in [2.05, 4.69) is 24.3 Å². The summed E-state index contributed by atoms with van der Waals surface area (Å²) in [5.74, 6) is 0.0389. The van der Waals surface area contributed by atoms with Gasteiger partial charge in [0, 0.05) is 13.0 Å². The summed E-state index contributed by atoms with van der Waals surface area (Å²) < 4.78 is 11.4. The maximum atomic E-state index is 14.0. The van der Waals surface area contributed by atoms with Gasteiger partial charge in [-0.2, -0.15) is 0 Å². The topological polar surface area (TPSA) is 55.8 Å². The van der Waals surface area contributed by atoms with Gasteiger partial charge in [-0.1, -0.05) is 91.0 Å². The molecular formula is C30H31NO4. The van der Waals surface area contributed by atoms with E-state index in [0.717, 1.165) is 17.5 Å². The third-order valence-electron chi connectivity index (χ3n) is 7.23. The van der Waals surface area contributed by atoms with E-state index >= 15 is 0 Å². The van der Waals surface area contributed by atoms with Gasteiger partial charge in [-0.25, -0.2) is 4.79 Å². The predicted octanol–water partition coefficient (Wildman–Crippen LogP) is 4.78. The molecule has 3 aromatic rings. The minimum atomic E-state index is -0.642. The predicted molar refractivity (Wildman–Crippen MR) is 134 cm³/mol. The smallest absolute Gasteiger partial charge is 0.328 e. The molecule has 1 aliphatic heterocycles. The lowest BCUT2D eigenvalue weighted by Crippen LogP contribution is -2.43. The first kappa shape index (κ1) is 23.3. The van der Waals surface area contributed by atoms with Gasteiger partial charge in [-0.15, -0.1) is 0 Å². The number of ether oxygens (including phenoxy) is 2. The van der Waals surface area contributed by atoms with E-state index < -0.39 is 17.9 Å².